The number of carbonyl (C=O) groups is 2. The normalized spacial score (nSPS) is 12.2. The first kappa shape index (κ1) is 20.3. The third-order valence-electron chi connectivity index (χ3n) is 4.74. The minimum absolute atomic E-state index is 0.239. The zero-order valence-electron chi connectivity index (χ0n) is 16.1. The summed E-state index contributed by atoms with van der Waals surface area (Å²) in [5.74, 6) is 0.951. The highest BCUT2D eigenvalue weighted by Crippen LogP contribution is 2.40. The van der Waals surface area contributed by atoms with Crippen LogP contribution in [0.2, 0.25) is 5.02 Å². The van der Waals surface area contributed by atoms with Crippen molar-refractivity contribution in [2.45, 2.75) is 25.8 Å². The molecule has 2 aromatic carbocycles. The number of ether oxygens (including phenoxy) is 1. The Labute approximate surface area is 183 Å². The second kappa shape index (κ2) is 9.19. The number of benzene rings is 2. The number of amides is 3. The van der Waals surface area contributed by atoms with Gasteiger partial charge in [0.05, 0.1) is 12.2 Å². The van der Waals surface area contributed by atoms with Gasteiger partial charge in [0.15, 0.2) is 5.75 Å². The van der Waals surface area contributed by atoms with Gasteiger partial charge >= 0.3 is 6.03 Å². The molecule has 4 rings (SSSR count). The molecular weight excluding hydrogens is 422 g/mol. The minimum atomic E-state index is -0.468. The third-order valence-corrected chi connectivity index (χ3v) is 5.70. The summed E-state index contributed by atoms with van der Waals surface area (Å²) >= 11 is 7.79. The first-order valence-electron chi connectivity index (χ1n) is 9.53. The molecule has 1 aromatic heterocycles. The SMILES string of the molecule is O=C(CCCc1ccsc1)NNC(=O)N1Cc2ccccc2Oc2ccc(Cl)cc21. The lowest BCUT2D eigenvalue weighted by Gasteiger charge is -2.22. The molecule has 0 saturated heterocycles. The van der Waals surface area contributed by atoms with Crippen molar-refractivity contribution in [3.63, 3.8) is 0 Å². The monoisotopic (exact) mass is 441 g/mol. The number of thiophene rings is 1. The van der Waals surface area contributed by atoms with E-state index in [-0.39, 0.29) is 12.5 Å². The predicted molar refractivity (Wildman–Crippen MR) is 118 cm³/mol. The summed E-state index contributed by atoms with van der Waals surface area (Å²) in [7, 11) is 0. The Hall–Kier alpha value is -3.03. The molecule has 0 spiro atoms. The molecule has 0 unspecified atom stereocenters. The summed E-state index contributed by atoms with van der Waals surface area (Å²) in [4.78, 5) is 26.5. The Kier molecular flexibility index (Phi) is 6.21. The molecule has 3 aromatic rings. The lowest BCUT2D eigenvalue weighted by atomic mass is 10.1. The van der Waals surface area contributed by atoms with Crippen molar-refractivity contribution in [2.75, 3.05) is 4.90 Å². The fourth-order valence-electron chi connectivity index (χ4n) is 3.22. The molecule has 0 bridgehead atoms. The van der Waals surface area contributed by atoms with E-state index in [1.807, 2.05) is 35.7 Å². The highest BCUT2D eigenvalue weighted by Gasteiger charge is 2.26. The van der Waals surface area contributed by atoms with Gasteiger partial charge in [-0.1, -0.05) is 29.8 Å². The number of anilines is 1. The zero-order chi connectivity index (χ0) is 20.9. The molecule has 30 heavy (non-hydrogen) atoms. The summed E-state index contributed by atoms with van der Waals surface area (Å²) in [6.45, 7) is 0.281. The van der Waals surface area contributed by atoms with Crippen molar-refractivity contribution < 1.29 is 14.3 Å². The molecule has 2 N–H and O–H groups in total. The quantitative estimate of drug-likeness (QED) is 0.541. The highest BCUT2D eigenvalue weighted by molar-refractivity contribution is 7.07. The Morgan fingerprint density at radius 1 is 1.10 bits per heavy atom. The maximum atomic E-state index is 12.9. The standard InChI is InChI=1S/C22H20ClN3O3S/c23-17-8-9-20-18(12-17)26(13-16-5-1-2-6-19(16)29-20)22(28)25-24-21(27)7-3-4-15-10-11-30-14-15/h1-2,5-6,8-12,14H,3-4,7,13H2,(H,24,27)(H,25,28). The maximum Gasteiger partial charge on any atom is 0.341 e. The van der Waals surface area contributed by atoms with E-state index < -0.39 is 6.03 Å². The number of fused-ring (bicyclic) bond motifs is 2. The number of carbonyl (C=O) groups excluding carboxylic acids is 2. The molecule has 3 amide bonds. The van der Waals surface area contributed by atoms with Crippen molar-refractivity contribution in [2.24, 2.45) is 0 Å². The zero-order valence-corrected chi connectivity index (χ0v) is 17.6. The molecule has 0 saturated carbocycles. The smallest absolute Gasteiger partial charge is 0.341 e. The number of nitrogens with zero attached hydrogens (tertiary/aromatic N) is 1. The minimum Gasteiger partial charge on any atom is -0.455 e. The van der Waals surface area contributed by atoms with Gasteiger partial charge in [0.2, 0.25) is 5.91 Å². The van der Waals surface area contributed by atoms with Crippen molar-refractivity contribution in [1.29, 1.82) is 0 Å². The highest BCUT2D eigenvalue weighted by atomic mass is 35.5. The number of para-hydroxylation sites is 1. The van der Waals surface area contributed by atoms with E-state index in [9.17, 15) is 9.59 Å². The van der Waals surface area contributed by atoms with Gasteiger partial charge in [-0.05, 0) is 59.5 Å². The molecule has 1 aliphatic rings. The fraction of sp³-hybridized carbons (Fsp3) is 0.182. The van der Waals surface area contributed by atoms with Crippen LogP contribution in [0.25, 0.3) is 0 Å². The summed E-state index contributed by atoms with van der Waals surface area (Å²) in [6, 6.07) is 14.2. The number of halogens is 1. The summed E-state index contributed by atoms with van der Waals surface area (Å²) in [5, 5.41) is 4.57. The Balaban J connectivity index is 1.42. The Morgan fingerprint density at radius 3 is 2.80 bits per heavy atom. The largest absolute Gasteiger partial charge is 0.455 e. The van der Waals surface area contributed by atoms with E-state index >= 15 is 0 Å². The molecule has 0 aliphatic carbocycles. The van der Waals surface area contributed by atoms with Crippen LogP contribution in [-0.2, 0) is 17.8 Å². The van der Waals surface area contributed by atoms with Crippen molar-refractivity contribution >= 4 is 40.6 Å². The number of hydrogen-bond donors (Lipinski definition) is 2. The van der Waals surface area contributed by atoms with Crippen molar-refractivity contribution in [1.82, 2.24) is 10.9 Å². The average Bonchev–Trinajstić information content (AvgIpc) is 3.20. The van der Waals surface area contributed by atoms with Gasteiger partial charge in [0, 0.05) is 17.0 Å². The van der Waals surface area contributed by atoms with Crippen LogP contribution < -0.4 is 20.5 Å². The number of urea groups is 1. The topological polar surface area (TPSA) is 70.7 Å². The van der Waals surface area contributed by atoms with Gasteiger partial charge in [-0.15, -0.1) is 0 Å². The summed E-state index contributed by atoms with van der Waals surface area (Å²) in [6.07, 6.45) is 1.86. The second-order valence-electron chi connectivity index (χ2n) is 6.87. The summed E-state index contributed by atoms with van der Waals surface area (Å²) in [5.41, 5.74) is 7.60. The number of nitrogens with one attached hydrogen (secondary N) is 2. The van der Waals surface area contributed by atoms with Crippen LogP contribution in [0.4, 0.5) is 10.5 Å². The van der Waals surface area contributed by atoms with Crippen LogP contribution in [-0.4, -0.2) is 11.9 Å². The van der Waals surface area contributed by atoms with E-state index in [0.717, 1.165) is 12.0 Å². The molecule has 154 valence electrons. The Morgan fingerprint density at radius 2 is 1.97 bits per heavy atom. The number of aryl methyl sites for hydroxylation is 1. The van der Waals surface area contributed by atoms with Crippen LogP contribution in [0, 0.1) is 0 Å². The van der Waals surface area contributed by atoms with Crippen LogP contribution in [0.5, 0.6) is 11.5 Å². The van der Waals surface area contributed by atoms with Crippen LogP contribution >= 0.6 is 22.9 Å². The van der Waals surface area contributed by atoms with Gasteiger partial charge in [-0.2, -0.15) is 11.3 Å². The van der Waals surface area contributed by atoms with Crippen LogP contribution in [0.3, 0.4) is 0 Å². The van der Waals surface area contributed by atoms with Crippen LogP contribution in [0.1, 0.15) is 24.0 Å². The van der Waals surface area contributed by atoms with E-state index in [1.165, 1.54) is 10.5 Å². The molecule has 0 radical (unpaired) electrons. The van der Waals surface area contributed by atoms with Crippen LogP contribution in [0.15, 0.2) is 59.3 Å². The summed E-state index contributed by atoms with van der Waals surface area (Å²) < 4.78 is 5.99. The molecule has 1 aliphatic heterocycles. The number of hydrogen-bond acceptors (Lipinski definition) is 4. The van der Waals surface area contributed by atoms with Crippen molar-refractivity contribution in [3.8, 4) is 11.5 Å². The molecule has 8 heteroatoms. The number of hydrazine groups is 1. The van der Waals surface area contributed by atoms with Crippen molar-refractivity contribution in [3.05, 3.63) is 75.4 Å². The molecule has 2 heterocycles. The van der Waals surface area contributed by atoms with Gasteiger partial charge in [-0.25, -0.2) is 10.2 Å². The first-order chi connectivity index (χ1) is 14.6. The van der Waals surface area contributed by atoms with E-state index in [0.29, 0.717) is 35.1 Å². The van der Waals surface area contributed by atoms with E-state index in [1.54, 1.807) is 29.5 Å². The lowest BCUT2D eigenvalue weighted by molar-refractivity contribution is -0.121. The third kappa shape index (κ3) is 4.75. The number of rotatable bonds is 4. The van der Waals surface area contributed by atoms with Gasteiger partial charge < -0.3 is 4.74 Å². The fourth-order valence-corrected chi connectivity index (χ4v) is 4.09. The molecule has 0 atom stereocenters. The average molecular weight is 442 g/mol. The van der Waals surface area contributed by atoms with E-state index in [4.69, 9.17) is 16.3 Å². The molecular formula is C22H20ClN3O3S. The first-order valence-corrected chi connectivity index (χ1v) is 10.8. The Bertz CT molecular complexity index is 1060. The van der Waals surface area contributed by atoms with Gasteiger partial charge in [-0.3, -0.25) is 15.1 Å². The maximum absolute atomic E-state index is 12.9. The molecule has 6 nitrogen and oxygen atoms in total. The molecule has 0 fully saturated rings. The van der Waals surface area contributed by atoms with Gasteiger partial charge in [0.25, 0.3) is 0 Å². The second-order valence-corrected chi connectivity index (χ2v) is 8.09. The lowest BCUT2D eigenvalue weighted by Crippen LogP contribution is -2.48. The predicted octanol–water partition coefficient (Wildman–Crippen LogP) is 5.28. The van der Waals surface area contributed by atoms with E-state index in [2.05, 4.69) is 16.2 Å². The van der Waals surface area contributed by atoms with Gasteiger partial charge in [0.1, 0.15) is 5.75 Å².